The van der Waals surface area contributed by atoms with Crippen LogP contribution in [0.5, 0.6) is 0 Å². The van der Waals surface area contributed by atoms with Crippen molar-refractivity contribution in [1.29, 1.82) is 0 Å². The zero-order chi connectivity index (χ0) is 8.29. The molecule has 0 aromatic rings. The summed E-state index contributed by atoms with van der Waals surface area (Å²) in [7, 11) is 0. The highest BCUT2D eigenvalue weighted by atomic mass is 16.6. The molecule has 1 fully saturated rings. The largest absolute Gasteiger partial charge is 0.458 e. The van der Waals surface area contributed by atoms with Crippen molar-refractivity contribution in [3.05, 3.63) is 11.5 Å². The molecule has 0 saturated carbocycles. The highest BCUT2D eigenvalue weighted by Crippen LogP contribution is 2.49. The first kappa shape index (κ1) is 6.22. The number of cyclic esters (lactones) is 2. The molecule has 4 heteroatoms. The van der Waals surface area contributed by atoms with E-state index in [9.17, 15) is 9.59 Å². The van der Waals surface area contributed by atoms with Gasteiger partial charge in [0, 0.05) is 6.42 Å². The molecule has 62 valence electrons. The van der Waals surface area contributed by atoms with E-state index in [0.29, 0.717) is 12.2 Å². The number of hydrogen-bond acceptors (Lipinski definition) is 4. The van der Waals surface area contributed by atoms with Crippen LogP contribution in [-0.2, 0) is 19.1 Å². The Kier molecular flexibility index (Phi) is 0.885. The van der Waals surface area contributed by atoms with E-state index in [2.05, 4.69) is 4.74 Å². The molecule has 4 nitrogen and oxygen atoms in total. The first-order valence-electron chi connectivity index (χ1n) is 3.94. The van der Waals surface area contributed by atoms with Gasteiger partial charge in [-0.15, -0.1) is 0 Å². The van der Waals surface area contributed by atoms with Crippen molar-refractivity contribution < 1.29 is 19.1 Å². The van der Waals surface area contributed by atoms with Crippen LogP contribution in [0.15, 0.2) is 11.5 Å². The molecule has 1 aliphatic carbocycles. The van der Waals surface area contributed by atoms with Gasteiger partial charge in [0.05, 0.1) is 5.92 Å². The lowest BCUT2D eigenvalue weighted by atomic mass is 9.86. The molecule has 2 aliphatic heterocycles. The lowest BCUT2D eigenvalue weighted by molar-refractivity contribution is -0.153. The van der Waals surface area contributed by atoms with Crippen LogP contribution in [0.4, 0.5) is 0 Å². The van der Waals surface area contributed by atoms with Gasteiger partial charge in [0.15, 0.2) is 5.76 Å². The van der Waals surface area contributed by atoms with Crippen molar-refractivity contribution in [3.63, 3.8) is 0 Å². The second-order valence-electron chi connectivity index (χ2n) is 3.25. The molecule has 2 heterocycles. The van der Waals surface area contributed by atoms with E-state index in [1.54, 1.807) is 0 Å². The Morgan fingerprint density at radius 3 is 2.83 bits per heavy atom. The smallest absolute Gasteiger partial charge is 0.325 e. The quantitative estimate of drug-likeness (QED) is 0.384. The number of rotatable bonds is 0. The van der Waals surface area contributed by atoms with E-state index in [1.807, 2.05) is 0 Å². The third-order valence-corrected chi connectivity index (χ3v) is 2.59. The van der Waals surface area contributed by atoms with Crippen molar-refractivity contribution in [2.24, 2.45) is 11.8 Å². The van der Waals surface area contributed by atoms with Gasteiger partial charge in [0.25, 0.3) is 0 Å². The number of carbonyl (C=O) groups excluding carboxylic acids is 2. The zero-order valence-electron chi connectivity index (χ0n) is 6.20. The first-order valence-corrected chi connectivity index (χ1v) is 3.94. The predicted molar refractivity (Wildman–Crippen MR) is 35.4 cm³/mol. The maximum absolute atomic E-state index is 11.1. The first-order chi connectivity index (χ1) is 5.77. The lowest BCUT2D eigenvalue weighted by Gasteiger charge is -2.07. The molecule has 0 bridgehead atoms. The SMILES string of the molecule is O=C1OC(=O)C2C3=C(CCC12)O3. The molecule has 0 amide bonds. The molecule has 3 aliphatic rings. The minimum atomic E-state index is -0.435. The summed E-state index contributed by atoms with van der Waals surface area (Å²) in [5.74, 6) is 0.103. The summed E-state index contributed by atoms with van der Waals surface area (Å²) >= 11 is 0. The highest BCUT2D eigenvalue weighted by molar-refractivity contribution is 5.98. The van der Waals surface area contributed by atoms with Gasteiger partial charge >= 0.3 is 11.9 Å². The highest BCUT2D eigenvalue weighted by Gasteiger charge is 2.55. The lowest BCUT2D eigenvalue weighted by Crippen LogP contribution is -2.18. The maximum atomic E-state index is 11.1. The molecule has 0 N–H and O–H groups in total. The Hall–Kier alpha value is -1.32. The molecule has 2 unspecified atom stereocenters. The molecule has 0 aromatic carbocycles. The fraction of sp³-hybridized carbons (Fsp3) is 0.500. The van der Waals surface area contributed by atoms with Crippen LogP contribution in [-0.4, -0.2) is 11.9 Å². The van der Waals surface area contributed by atoms with Gasteiger partial charge in [0.2, 0.25) is 0 Å². The van der Waals surface area contributed by atoms with Crippen molar-refractivity contribution in [2.45, 2.75) is 12.8 Å². The summed E-state index contributed by atoms with van der Waals surface area (Å²) in [6.07, 6.45) is 1.47. The maximum Gasteiger partial charge on any atom is 0.325 e. The molecular weight excluding hydrogens is 160 g/mol. The molecule has 0 radical (unpaired) electrons. The number of carbonyl (C=O) groups is 2. The van der Waals surface area contributed by atoms with E-state index in [4.69, 9.17) is 4.74 Å². The van der Waals surface area contributed by atoms with Gasteiger partial charge in [0.1, 0.15) is 11.7 Å². The van der Waals surface area contributed by atoms with Gasteiger partial charge in [-0.05, 0) is 6.42 Å². The molecule has 3 rings (SSSR count). The Morgan fingerprint density at radius 1 is 1.17 bits per heavy atom. The van der Waals surface area contributed by atoms with E-state index >= 15 is 0 Å². The van der Waals surface area contributed by atoms with Gasteiger partial charge in [-0.2, -0.15) is 0 Å². The van der Waals surface area contributed by atoms with E-state index in [-0.39, 0.29) is 11.9 Å². The van der Waals surface area contributed by atoms with E-state index < -0.39 is 11.9 Å². The molecule has 0 spiro atoms. The van der Waals surface area contributed by atoms with Crippen molar-refractivity contribution in [3.8, 4) is 0 Å². The molecule has 12 heavy (non-hydrogen) atoms. The minimum Gasteiger partial charge on any atom is -0.458 e. The standard InChI is InChI=1S/C8H6O4/c9-7-3-1-2-4-6(11-4)5(3)8(10)12-7/h3,5H,1-2H2. The zero-order valence-corrected chi connectivity index (χ0v) is 6.20. The van der Waals surface area contributed by atoms with Crippen LogP contribution < -0.4 is 0 Å². The molecule has 1 saturated heterocycles. The predicted octanol–water partition coefficient (Wildman–Crippen LogP) is 0.338. The van der Waals surface area contributed by atoms with Gasteiger partial charge in [-0.1, -0.05) is 0 Å². The van der Waals surface area contributed by atoms with E-state index in [1.165, 1.54) is 0 Å². The third kappa shape index (κ3) is 0.581. The van der Waals surface area contributed by atoms with Crippen LogP contribution in [0.1, 0.15) is 12.8 Å². The summed E-state index contributed by atoms with van der Waals surface area (Å²) in [6, 6.07) is 0. The molecule has 0 aromatic heterocycles. The third-order valence-electron chi connectivity index (χ3n) is 2.59. The Balaban J connectivity index is 2.04. The Labute approximate surface area is 68.1 Å². The number of allylic oxidation sites excluding steroid dienone is 1. The van der Waals surface area contributed by atoms with Gasteiger partial charge in [-0.25, -0.2) is 0 Å². The minimum absolute atomic E-state index is 0.265. The monoisotopic (exact) mass is 166 g/mol. The summed E-state index contributed by atoms with van der Waals surface area (Å²) in [6.45, 7) is 0. The van der Waals surface area contributed by atoms with Gasteiger partial charge < -0.3 is 9.47 Å². The van der Waals surface area contributed by atoms with Gasteiger partial charge in [-0.3, -0.25) is 9.59 Å². The average molecular weight is 166 g/mol. The Bertz CT molecular complexity index is 328. The summed E-state index contributed by atoms with van der Waals surface area (Å²) < 4.78 is 9.60. The van der Waals surface area contributed by atoms with Crippen LogP contribution in [0.3, 0.4) is 0 Å². The number of ether oxygens (including phenoxy) is 2. The van der Waals surface area contributed by atoms with E-state index in [0.717, 1.165) is 12.2 Å². The topological polar surface area (TPSA) is 55.9 Å². The summed E-state index contributed by atoms with van der Waals surface area (Å²) in [5, 5.41) is 0. The average Bonchev–Trinajstić information content (AvgIpc) is 2.74. The van der Waals surface area contributed by atoms with Crippen LogP contribution in [0, 0.1) is 11.8 Å². The van der Waals surface area contributed by atoms with Crippen LogP contribution in [0.25, 0.3) is 0 Å². The molecular formula is C8H6O4. The Morgan fingerprint density at radius 2 is 2.00 bits per heavy atom. The number of fused-ring (bicyclic) bond motifs is 2. The molecule has 2 atom stereocenters. The van der Waals surface area contributed by atoms with Crippen molar-refractivity contribution >= 4 is 11.9 Å². The second kappa shape index (κ2) is 1.71. The summed E-state index contributed by atoms with van der Waals surface area (Å²) in [4.78, 5) is 22.2. The fourth-order valence-electron chi connectivity index (χ4n) is 1.92. The normalized spacial score (nSPS) is 37.0. The van der Waals surface area contributed by atoms with Crippen LogP contribution >= 0.6 is 0 Å². The number of hydrogen-bond donors (Lipinski definition) is 0. The fourth-order valence-corrected chi connectivity index (χ4v) is 1.92. The second-order valence-corrected chi connectivity index (χ2v) is 3.25. The van der Waals surface area contributed by atoms with Crippen molar-refractivity contribution in [1.82, 2.24) is 0 Å². The number of esters is 2. The summed E-state index contributed by atoms with van der Waals surface area (Å²) in [5.41, 5.74) is 0. The van der Waals surface area contributed by atoms with Crippen molar-refractivity contribution in [2.75, 3.05) is 0 Å². The van der Waals surface area contributed by atoms with Crippen LogP contribution in [0.2, 0.25) is 0 Å².